The van der Waals surface area contributed by atoms with Crippen LogP contribution in [0.2, 0.25) is 0 Å². The summed E-state index contributed by atoms with van der Waals surface area (Å²) < 4.78 is 0. The van der Waals surface area contributed by atoms with Gasteiger partial charge in [0.05, 0.1) is 6.54 Å². The third-order valence-electron chi connectivity index (χ3n) is 3.35. The number of hydrogen-bond donors (Lipinski definition) is 2. The van der Waals surface area contributed by atoms with E-state index in [4.69, 9.17) is 0 Å². The summed E-state index contributed by atoms with van der Waals surface area (Å²) >= 11 is 1.82. The summed E-state index contributed by atoms with van der Waals surface area (Å²) in [7, 11) is 5.98. The first-order valence-electron chi connectivity index (χ1n) is 6.52. The number of nitrogens with one attached hydrogen (secondary N) is 2. The van der Waals surface area contributed by atoms with Crippen LogP contribution in [0.15, 0.2) is 17.1 Å². The van der Waals surface area contributed by atoms with E-state index in [1.807, 2.05) is 11.3 Å². The van der Waals surface area contributed by atoms with Gasteiger partial charge in [-0.2, -0.15) is 0 Å². The van der Waals surface area contributed by atoms with Crippen molar-refractivity contribution in [2.45, 2.75) is 32.9 Å². The quantitative estimate of drug-likeness (QED) is 0.446. The summed E-state index contributed by atoms with van der Waals surface area (Å²) in [6, 6.07) is 4.30. The number of thiophene rings is 1. The van der Waals surface area contributed by atoms with Gasteiger partial charge in [-0.25, -0.2) is 0 Å². The molecule has 116 valence electrons. The zero-order valence-electron chi connectivity index (χ0n) is 13.3. The number of likely N-dealkylation sites (N-methyl/N-ethyl adjacent to an activating group) is 1. The van der Waals surface area contributed by atoms with Crippen LogP contribution >= 0.6 is 35.3 Å². The van der Waals surface area contributed by atoms with Gasteiger partial charge in [-0.05, 0) is 47.0 Å². The first-order valence-corrected chi connectivity index (χ1v) is 7.34. The summed E-state index contributed by atoms with van der Waals surface area (Å²) in [5.41, 5.74) is 0.0944. The third kappa shape index (κ3) is 6.41. The molecule has 2 N–H and O–H groups in total. The van der Waals surface area contributed by atoms with Crippen LogP contribution in [0.5, 0.6) is 0 Å². The highest BCUT2D eigenvalue weighted by Gasteiger charge is 2.20. The fourth-order valence-corrected chi connectivity index (χ4v) is 2.26. The van der Waals surface area contributed by atoms with Crippen molar-refractivity contribution in [1.29, 1.82) is 0 Å². The van der Waals surface area contributed by atoms with Gasteiger partial charge in [-0.1, -0.05) is 0 Å². The van der Waals surface area contributed by atoms with E-state index in [0.29, 0.717) is 0 Å². The minimum absolute atomic E-state index is 0. The van der Waals surface area contributed by atoms with Crippen LogP contribution in [-0.2, 0) is 6.54 Å². The zero-order chi connectivity index (χ0) is 14.5. The largest absolute Gasteiger partial charge is 0.355 e. The summed E-state index contributed by atoms with van der Waals surface area (Å²) in [4.78, 5) is 9.12. The van der Waals surface area contributed by atoms with Gasteiger partial charge in [0.25, 0.3) is 0 Å². The van der Waals surface area contributed by atoms with E-state index < -0.39 is 0 Å². The smallest absolute Gasteiger partial charge is 0.191 e. The molecule has 0 bridgehead atoms. The molecule has 0 aromatic carbocycles. The normalized spacial score (nSPS) is 12.2. The molecule has 0 fully saturated rings. The van der Waals surface area contributed by atoms with Crippen LogP contribution in [-0.4, -0.2) is 44.1 Å². The molecule has 0 amide bonds. The van der Waals surface area contributed by atoms with Gasteiger partial charge in [0.15, 0.2) is 5.96 Å². The van der Waals surface area contributed by atoms with Gasteiger partial charge in [0.2, 0.25) is 0 Å². The van der Waals surface area contributed by atoms with Crippen molar-refractivity contribution in [3.05, 3.63) is 21.9 Å². The summed E-state index contributed by atoms with van der Waals surface area (Å²) in [6.07, 6.45) is 0. The molecule has 20 heavy (non-hydrogen) atoms. The van der Waals surface area contributed by atoms with Gasteiger partial charge < -0.3 is 15.5 Å². The van der Waals surface area contributed by atoms with Crippen LogP contribution in [0.25, 0.3) is 0 Å². The molecule has 1 aromatic rings. The molecular weight excluding hydrogens is 383 g/mol. The van der Waals surface area contributed by atoms with Crippen LogP contribution in [0.1, 0.15) is 23.6 Å². The van der Waals surface area contributed by atoms with Crippen LogP contribution in [0.4, 0.5) is 0 Å². The average molecular weight is 410 g/mol. The molecular formula is C14H27IN4S. The first kappa shape index (κ1) is 19.7. The molecule has 0 aliphatic rings. The van der Waals surface area contributed by atoms with E-state index in [9.17, 15) is 0 Å². The van der Waals surface area contributed by atoms with Crippen molar-refractivity contribution >= 4 is 41.3 Å². The molecule has 0 atom stereocenters. The zero-order valence-corrected chi connectivity index (χ0v) is 16.4. The fourth-order valence-electron chi connectivity index (χ4n) is 1.43. The first-order chi connectivity index (χ1) is 8.85. The Morgan fingerprint density at radius 3 is 2.40 bits per heavy atom. The average Bonchev–Trinajstić information content (AvgIpc) is 2.75. The minimum Gasteiger partial charge on any atom is -0.355 e. The standard InChI is InChI=1S/C14H26N4S.HI/c1-11-7-8-12(19-11)9-16-13(15-4)17-10-14(2,3)18(5)6;/h7-8H,9-10H2,1-6H3,(H2,15,16,17);1H. The number of guanidine groups is 1. The minimum atomic E-state index is 0. The molecule has 0 spiro atoms. The van der Waals surface area contributed by atoms with E-state index in [2.05, 4.69) is 67.5 Å². The third-order valence-corrected chi connectivity index (χ3v) is 4.35. The molecule has 1 aromatic heterocycles. The number of halogens is 1. The summed E-state index contributed by atoms with van der Waals surface area (Å²) in [6.45, 7) is 8.20. The van der Waals surface area contributed by atoms with E-state index >= 15 is 0 Å². The van der Waals surface area contributed by atoms with Crippen molar-refractivity contribution < 1.29 is 0 Å². The number of aliphatic imine (C=N–C) groups is 1. The van der Waals surface area contributed by atoms with E-state index in [1.165, 1.54) is 9.75 Å². The van der Waals surface area contributed by atoms with Crippen LogP contribution in [0.3, 0.4) is 0 Å². The van der Waals surface area contributed by atoms with Gasteiger partial charge in [0.1, 0.15) is 0 Å². The maximum atomic E-state index is 4.25. The highest BCUT2D eigenvalue weighted by atomic mass is 127. The monoisotopic (exact) mass is 410 g/mol. The Hall–Kier alpha value is -0.340. The lowest BCUT2D eigenvalue weighted by atomic mass is 10.0. The van der Waals surface area contributed by atoms with Crippen molar-refractivity contribution in [1.82, 2.24) is 15.5 Å². The molecule has 0 unspecified atom stereocenters. The van der Waals surface area contributed by atoms with Crippen LogP contribution < -0.4 is 10.6 Å². The van der Waals surface area contributed by atoms with Crippen molar-refractivity contribution in [3.8, 4) is 0 Å². The van der Waals surface area contributed by atoms with Gasteiger partial charge in [-0.15, -0.1) is 35.3 Å². The maximum Gasteiger partial charge on any atom is 0.191 e. The fraction of sp³-hybridized carbons (Fsp3) is 0.643. The summed E-state index contributed by atoms with van der Waals surface area (Å²) in [5, 5.41) is 6.71. The predicted molar refractivity (Wildman–Crippen MR) is 100 cm³/mol. The number of nitrogens with zero attached hydrogens (tertiary/aromatic N) is 2. The lowest BCUT2D eigenvalue weighted by Crippen LogP contribution is -2.50. The van der Waals surface area contributed by atoms with E-state index in [1.54, 1.807) is 7.05 Å². The lowest BCUT2D eigenvalue weighted by Gasteiger charge is -2.33. The Labute approximate surface area is 144 Å². The Balaban J connectivity index is 0.00000361. The van der Waals surface area contributed by atoms with Gasteiger partial charge in [0, 0.05) is 28.9 Å². The molecule has 0 aliphatic carbocycles. The van der Waals surface area contributed by atoms with Crippen molar-refractivity contribution in [3.63, 3.8) is 0 Å². The second-order valence-electron chi connectivity index (χ2n) is 5.50. The van der Waals surface area contributed by atoms with Gasteiger partial charge in [-0.3, -0.25) is 4.99 Å². The molecule has 1 heterocycles. The second-order valence-corrected chi connectivity index (χ2v) is 6.87. The molecule has 6 heteroatoms. The Kier molecular flexibility index (Phi) is 8.69. The maximum absolute atomic E-state index is 4.25. The van der Waals surface area contributed by atoms with Crippen molar-refractivity contribution in [2.75, 3.05) is 27.7 Å². The van der Waals surface area contributed by atoms with E-state index in [-0.39, 0.29) is 29.5 Å². The molecule has 4 nitrogen and oxygen atoms in total. The molecule has 1 rings (SSSR count). The lowest BCUT2D eigenvalue weighted by molar-refractivity contribution is 0.197. The Morgan fingerprint density at radius 2 is 1.95 bits per heavy atom. The summed E-state index contributed by atoms with van der Waals surface area (Å²) in [5.74, 6) is 0.848. The van der Waals surface area contributed by atoms with Gasteiger partial charge >= 0.3 is 0 Å². The second kappa shape index (κ2) is 8.84. The molecule has 0 aliphatic heterocycles. The highest BCUT2D eigenvalue weighted by molar-refractivity contribution is 14.0. The molecule has 0 radical (unpaired) electrons. The molecule has 0 saturated heterocycles. The number of hydrogen-bond acceptors (Lipinski definition) is 3. The number of rotatable bonds is 5. The molecule has 0 saturated carbocycles. The topological polar surface area (TPSA) is 39.7 Å². The Morgan fingerprint density at radius 1 is 1.30 bits per heavy atom. The number of aryl methyl sites for hydroxylation is 1. The predicted octanol–water partition coefficient (Wildman–Crippen LogP) is 2.68. The van der Waals surface area contributed by atoms with E-state index in [0.717, 1.165) is 19.0 Å². The SMILES string of the molecule is CN=C(NCc1ccc(C)s1)NCC(C)(C)N(C)C.I. The Bertz CT molecular complexity index is 427. The highest BCUT2D eigenvalue weighted by Crippen LogP contribution is 2.14. The van der Waals surface area contributed by atoms with Crippen LogP contribution in [0, 0.1) is 6.92 Å². The van der Waals surface area contributed by atoms with Crippen molar-refractivity contribution in [2.24, 2.45) is 4.99 Å².